The van der Waals surface area contributed by atoms with Gasteiger partial charge in [-0.3, -0.25) is 25.1 Å². The van der Waals surface area contributed by atoms with E-state index in [0.29, 0.717) is 5.69 Å². The van der Waals surface area contributed by atoms with Gasteiger partial charge in [0.1, 0.15) is 5.57 Å². The molecule has 0 spiro atoms. The summed E-state index contributed by atoms with van der Waals surface area (Å²) in [5.74, 6) is -2.84. The number of ether oxygens (including phenoxy) is 1. The number of anilines is 1. The molecule has 0 saturated carbocycles. The third-order valence-corrected chi connectivity index (χ3v) is 5.32. The largest absolute Gasteiger partial charge is 0.415 e. The SMILES string of the molecule is O=C1NN(c2ccccc2)C(=O)C1=Cc1cccc([N+](=O)[O-])c1OC(=O)c1ccc(Cl)cc1Cl. The van der Waals surface area contributed by atoms with Crippen LogP contribution in [-0.4, -0.2) is 22.7 Å². The average Bonchev–Trinajstić information content (AvgIpc) is 3.08. The first-order valence-electron chi connectivity index (χ1n) is 9.63. The summed E-state index contributed by atoms with van der Waals surface area (Å²) in [6.45, 7) is 0. The highest BCUT2D eigenvalue weighted by molar-refractivity contribution is 6.36. The smallest absolute Gasteiger partial charge is 0.345 e. The average molecular weight is 498 g/mol. The van der Waals surface area contributed by atoms with E-state index in [1.807, 2.05) is 0 Å². The molecule has 1 saturated heterocycles. The number of hydrazine groups is 1. The molecule has 0 aliphatic carbocycles. The summed E-state index contributed by atoms with van der Waals surface area (Å²) in [5.41, 5.74) is 1.91. The van der Waals surface area contributed by atoms with Crippen molar-refractivity contribution in [3.63, 3.8) is 0 Å². The molecule has 9 nitrogen and oxygen atoms in total. The number of hydrogen-bond donors (Lipinski definition) is 1. The zero-order valence-corrected chi connectivity index (χ0v) is 18.5. The molecule has 1 N–H and O–H groups in total. The summed E-state index contributed by atoms with van der Waals surface area (Å²) < 4.78 is 5.33. The minimum atomic E-state index is -0.983. The number of amides is 2. The molecule has 3 aromatic carbocycles. The lowest BCUT2D eigenvalue weighted by molar-refractivity contribution is -0.385. The number of nitro groups is 1. The van der Waals surface area contributed by atoms with Crippen molar-refractivity contribution in [2.45, 2.75) is 0 Å². The summed E-state index contributed by atoms with van der Waals surface area (Å²) in [6, 6.07) is 16.3. The van der Waals surface area contributed by atoms with E-state index in [1.165, 1.54) is 30.3 Å². The molecule has 1 aliphatic rings. The lowest BCUT2D eigenvalue weighted by Crippen LogP contribution is -2.35. The van der Waals surface area contributed by atoms with Gasteiger partial charge in [-0.25, -0.2) is 9.80 Å². The van der Waals surface area contributed by atoms with Gasteiger partial charge in [0.05, 0.1) is 21.2 Å². The maximum absolute atomic E-state index is 12.9. The van der Waals surface area contributed by atoms with Crippen LogP contribution in [0.2, 0.25) is 10.0 Å². The highest BCUT2D eigenvalue weighted by atomic mass is 35.5. The van der Waals surface area contributed by atoms with Crippen LogP contribution >= 0.6 is 23.2 Å². The van der Waals surface area contributed by atoms with E-state index in [4.69, 9.17) is 27.9 Å². The summed E-state index contributed by atoms with van der Waals surface area (Å²) in [5, 5.41) is 12.9. The molecule has 0 aromatic heterocycles. The molecule has 0 unspecified atom stereocenters. The van der Waals surface area contributed by atoms with Gasteiger partial charge >= 0.3 is 11.7 Å². The van der Waals surface area contributed by atoms with Gasteiger partial charge in [-0.05, 0) is 36.4 Å². The molecule has 170 valence electrons. The van der Waals surface area contributed by atoms with E-state index in [2.05, 4.69) is 5.43 Å². The Morgan fingerprint density at radius 1 is 1.03 bits per heavy atom. The van der Waals surface area contributed by atoms with Crippen molar-refractivity contribution >= 4 is 58.4 Å². The monoisotopic (exact) mass is 497 g/mol. The molecule has 1 fully saturated rings. The number of halogens is 2. The summed E-state index contributed by atoms with van der Waals surface area (Å²) in [7, 11) is 0. The Kier molecular flexibility index (Phi) is 6.31. The topological polar surface area (TPSA) is 119 Å². The van der Waals surface area contributed by atoms with Gasteiger partial charge in [0, 0.05) is 16.7 Å². The van der Waals surface area contributed by atoms with Gasteiger partial charge in [-0.1, -0.05) is 53.5 Å². The Labute approximate surface area is 202 Å². The lowest BCUT2D eigenvalue weighted by atomic mass is 10.1. The summed E-state index contributed by atoms with van der Waals surface area (Å²) >= 11 is 11.9. The molecule has 1 aliphatic heterocycles. The molecule has 4 rings (SSSR count). The van der Waals surface area contributed by atoms with Crippen molar-refractivity contribution in [1.29, 1.82) is 0 Å². The van der Waals surface area contributed by atoms with Crippen LogP contribution in [0, 0.1) is 10.1 Å². The number of rotatable bonds is 5. The van der Waals surface area contributed by atoms with Gasteiger partial charge in [0.2, 0.25) is 5.75 Å². The Bertz CT molecular complexity index is 1370. The van der Waals surface area contributed by atoms with Gasteiger partial charge in [-0.15, -0.1) is 0 Å². The van der Waals surface area contributed by atoms with Crippen molar-refractivity contribution in [2.75, 3.05) is 5.01 Å². The molecule has 0 atom stereocenters. The van der Waals surface area contributed by atoms with Gasteiger partial charge in [0.25, 0.3) is 11.8 Å². The van der Waals surface area contributed by atoms with Crippen molar-refractivity contribution in [3.05, 3.63) is 104 Å². The number of para-hydroxylation sites is 2. The number of nitrogens with zero attached hydrogens (tertiary/aromatic N) is 2. The van der Waals surface area contributed by atoms with Gasteiger partial charge in [-0.2, -0.15) is 0 Å². The van der Waals surface area contributed by atoms with E-state index in [0.717, 1.165) is 17.2 Å². The Morgan fingerprint density at radius 2 is 1.76 bits per heavy atom. The van der Waals surface area contributed by atoms with Gasteiger partial charge < -0.3 is 4.74 Å². The molecule has 34 heavy (non-hydrogen) atoms. The van der Waals surface area contributed by atoms with Crippen LogP contribution in [0.5, 0.6) is 5.75 Å². The molecule has 11 heteroatoms. The van der Waals surface area contributed by atoms with Crippen LogP contribution in [0.1, 0.15) is 15.9 Å². The molecule has 0 radical (unpaired) electrons. The minimum Gasteiger partial charge on any atom is -0.415 e. The van der Waals surface area contributed by atoms with Crippen molar-refractivity contribution < 1.29 is 24.0 Å². The predicted molar refractivity (Wildman–Crippen MR) is 125 cm³/mol. The first kappa shape index (κ1) is 23.0. The third kappa shape index (κ3) is 4.47. The van der Waals surface area contributed by atoms with Crippen LogP contribution in [0.4, 0.5) is 11.4 Å². The van der Waals surface area contributed by atoms with Crippen LogP contribution < -0.4 is 15.2 Å². The first-order valence-corrected chi connectivity index (χ1v) is 10.4. The van der Waals surface area contributed by atoms with E-state index in [-0.39, 0.29) is 26.7 Å². The number of benzene rings is 3. The fourth-order valence-corrected chi connectivity index (χ4v) is 3.67. The van der Waals surface area contributed by atoms with E-state index < -0.39 is 34.1 Å². The second kappa shape index (κ2) is 9.34. The number of esters is 1. The van der Waals surface area contributed by atoms with Crippen molar-refractivity contribution in [2.24, 2.45) is 0 Å². The zero-order chi connectivity index (χ0) is 24.4. The molecule has 1 heterocycles. The first-order chi connectivity index (χ1) is 16.3. The second-order valence-corrected chi connectivity index (χ2v) is 7.78. The maximum atomic E-state index is 12.9. The fraction of sp³-hybridized carbons (Fsp3) is 0. The van der Waals surface area contributed by atoms with Crippen molar-refractivity contribution in [1.82, 2.24) is 5.43 Å². The van der Waals surface area contributed by atoms with E-state index >= 15 is 0 Å². The van der Waals surface area contributed by atoms with E-state index in [9.17, 15) is 24.5 Å². The molecular formula is C23H13Cl2N3O6. The van der Waals surface area contributed by atoms with Crippen LogP contribution in [0.3, 0.4) is 0 Å². The highest BCUT2D eigenvalue weighted by Gasteiger charge is 2.35. The normalized spacial score (nSPS) is 14.3. The quantitative estimate of drug-likeness (QED) is 0.137. The molecule has 3 aromatic rings. The Balaban J connectivity index is 1.74. The van der Waals surface area contributed by atoms with Crippen LogP contribution in [-0.2, 0) is 9.59 Å². The number of hydrogen-bond acceptors (Lipinski definition) is 6. The van der Waals surface area contributed by atoms with Gasteiger partial charge in [0.15, 0.2) is 0 Å². The number of nitro benzene ring substituents is 1. The Morgan fingerprint density at radius 3 is 2.44 bits per heavy atom. The second-order valence-electron chi connectivity index (χ2n) is 6.94. The number of carbonyl (C=O) groups is 3. The molecule has 2 amide bonds. The summed E-state index contributed by atoms with van der Waals surface area (Å²) in [6.07, 6.45) is 1.12. The maximum Gasteiger partial charge on any atom is 0.345 e. The fourth-order valence-electron chi connectivity index (χ4n) is 3.19. The van der Waals surface area contributed by atoms with Crippen molar-refractivity contribution in [3.8, 4) is 5.75 Å². The minimum absolute atomic E-state index is 0.0140. The number of nitrogens with one attached hydrogen (secondary N) is 1. The van der Waals surface area contributed by atoms with Crippen LogP contribution in [0.25, 0.3) is 6.08 Å². The summed E-state index contributed by atoms with van der Waals surface area (Å²) in [4.78, 5) is 49.0. The van der Waals surface area contributed by atoms with E-state index in [1.54, 1.807) is 30.3 Å². The standard InChI is InChI=1S/C23H13Cl2N3O6/c24-14-9-10-16(18(25)12-14)23(31)34-20-13(5-4-8-19(20)28(32)33)11-17-21(29)26-27(22(17)30)15-6-2-1-3-7-15/h1-12H,(H,26,29). The van der Waals surface area contributed by atoms with Crippen LogP contribution in [0.15, 0.2) is 72.3 Å². The predicted octanol–water partition coefficient (Wildman–Crippen LogP) is 4.58. The zero-order valence-electron chi connectivity index (χ0n) is 17.0. The Hall–Kier alpha value is -4.21. The highest BCUT2D eigenvalue weighted by Crippen LogP contribution is 2.35. The molecule has 0 bridgehead atoms. The lowest BCUT2D eigenvalue weighted by Gasteiger charge is -2.14. The molecular weight excluding hydrogens is 485 g/mol. The number of carbonyl (C=O) groups excluding carboxylic acids is 3. The third-order valence-electron chi connectivity index (χ3n) is 4.77.